The van der Waals surface area contributed by atoms with Crippen molar-refractivity contribution < 1.29 is 4.74 Å². The molecule has 0 saturated carbocycles. The van der Waals surface area contributed by atoms with Gasteiger partial charge in [-0.15, -0.1) is 0 Å². The maximum absolute atomic E-state index is 5.94. The zero-order valence-corrected chi connectivity index (χ0v) is 14.1. The molecule has 0 saturated heterocycles. The molecule has 0 N–H and O–H groups in total. The second-order valence-electron chi connectivity index (χ2n) is 6.49. The number of allylic oxidation sites excluding steroid dienone is 3. The largest absolute Gasteiger partial charge is 0.497 e. The van der Waals surface area contributed by atoms with Crippen LogP contribution in [0.15, 0.2) is 28.1 Å². The maximum Gasteiger partial charge on any atom is 0.104 e. The molecule has 114 valence electrons. The number of rotatable bonds is 7. The van der Waals surface area contributed by atoms with Crippen LogP contribution in [0.25, 0.3) is 0 Å². The lowest BCUT2D eigenvalue weighted by Gasteiger charge is -2.17. The molecule has 0 radical (unpaired) electrons. The summed E-state index contributed by atoms with van der Waals surface area (Å²) < 4.78 is 5.94. The summed E-state index contributed by atoms with van der Waals surface area (Å²) in [6.45, 7) is 14.2. The van der Waals surface area contributed by atoms with Crippen molar-refractivity contribution in [3.05, 3.63) is 23.1 Å². The normalized spacial score (nSPS) is 18.5. The third-order valence-electron chi connectivity index (χ3n) is 3.39. The molecule has 0 amide bonds. The van der Waals surface area contributed by atoms with Crippen molar-refractivity contribution in [1.82, 2.24) is 0 Å². The van der Waals surface area contributed by atoms with Crippen LogP contribution in [0.4, 0.5) is 0 Å². The second kappa shape index (κ2) is 8.28. The van der Waals surface area contributed by atoms with Gasteiger partial charge < -0.3 is 4.74 Å². The Morgan fingerprint density at radius 2 is 1.95 bits per heavy atom. The number of hydrogen-bond acceptors (Lipinski definition) is 2. The van der Waals surface area contributed by atoms with Crippen LogP contribution < -0.4 is 0 Å². The summed E-state index contributed by atoms with van der Waals surface area (Å²) in [7, 11) is 0. The van der Waals surface area contributed by atoms with Crippen LogP contribution in [-0.4, -0.2) is 12.8 Å². The molecule has 0 spiro atoms. The van der Waals surface area contributed by atoms with Gasteiger partial charge >= 0.3 is 0 Å². The Labute approximate surface area is 125 Å². The lowest BCUT2D eigenvalue weighted by Crippen LogP contribution is -2.06. The molecule has 1 unspecified atom stereocenters. The monoisotopic (exact) mass is 277 g/mol. The highest BCUT2D eigenvalue weighted by atomic mass is 16.5. The average molecular weight is 277 g/mol. The molecule has 0 aromatic carbocycles. The fourth-order valence-corrected chi connectivity index (χ4v) is 2.71. The number of hydrogen-bond donors (Lipinski definition) is 0. The molecule has 1 atom stereocenters. The molecule has 0 fully saturated rings. The quantitative estimate of drug-likeness (QED) is 0.574. The molecule has 0 aromatic rings. The Morgan fingerprint density at radius 3 is 2.50 bits per heavy atom. The Balaban J connectivity index is 3.05. The molecule has 0 aliphatic carbocycles. The molecule has 1 heterocycles. The van der Waals surface area contributed by atoms with Crippen LogP contribution in [0.5, 0.6) is 0 Å². The first-order valence-corrected chi connectivity index (χ1v) is 8.06. The number of ether oxygens (including phenoxy) is 1. The standard InChI is InChI=1S/C18H31NO/c1-7-9-19-17(12-14(4)5)16-8-10-20-18(16)15(6)11-13(2)3/h9,12-15H,7-8,10-11H2,1-6H3/b17-12-,19-9?. The van der Waals surface area contributed by atoms with Gasteiger partial charge in [-0.3, -0.25) is 4.99 Å². The van der Waals surface area contributed by atoms with Gasteiger partial charge in [0.05, 0.1) is 12.3 Å². The third kappa shape index (κ3) is 5.15. The van der Waals surface area contributed by atoms with E-state index in [1.165, 1.54) is 17.8 Å². The van der Waals surface area contributed by atoms with E-state index in [1.807, 2.05) is 6.21 Å². The molecule has 1 aliphatic rings. The van der Waals surface area contributed by atoms with Gasteiger partial charge in [-0.25, -0.2) is 0 Å². The third-order valence-corrected chi connectivity index (χ3v) is 3.39. The van der Waals surface area contributed by atoms with Crippen molar-refractivity contribution in [2.24, 2.45) is 22.7 Å². The van der Waals surface area contributed by atoms with Crippen LogP contribution in [0, 0.1) is 17.8 Å². The van der Waals surface area contributed by atoms with Crippen molar-refractivity contribution in [1.29, 1.82) is 0 Å². The molecule has 2 heteroatoms. The molecular weight excluding hydrogens is 246 g/mol. The Hall–Kier alpha value is -1.05. The fraction of sp³-hybridized carbons (Fsp3) is 0.722. The van der Waals surface area contributed by atoms with Gasteiger partial charge in [0.1, 0.15) is 5.76 Å². The SMILES string of the molecule is CCC=N/C(=C\C(C)C)C1=C(C(C)CC(C)C)OCC1. The van der Waals surface area contributed by atoms with E-state index in [0.717, 1.165) is 25.1 Å². The summed E-state index contributed by atoms with van der Waals surface area (Å²) in [6, 6.07) is 0. The van der Waals surface area contributed by atoms with Crippen LogP contribution in [0.1, 0.15) is 60.8 Å². The van der Waals surface area contributed by atoms with Gasteiger partial charge in [-0.1, -0.05) is 47.6 Å². The zero-order valence-electron chi connectivity index (χ0n) is 14.1. The lowest BCUT2D eigenvalue weighted by molar-refractivity contribution is 0.202. The first-order chi connectivity index (χ1) is 9.45. The molecule has 1 aliphatic heterocycles. The van der Waals surface area contributed by atoms with Crippen molar-refractivity contribution in [2.45, 2.75) is 60.8 Å². The molecule has 1 rings (SSSR count). The molecule has 2 nitrogen and oxygen atoms in total. The highest BCUT2D eigenvalue weighted by molar-refractivity contribution is 5.60. The predicted octanol–water partition coefficient (Wildman–Crippen LogP) is 5.36. The molecular formula is C18H31NO. The zero-order chi connectivity index (χ0) is 15.1. The Kier molecular flexibility index (Phi) is 7.04. The van der Waals surface area contributed by atoms with Gasteiger partial charge in [0.15, 0.2) is 0 Å². The van der Waals surface area contributed by atoms with Crippen LogP contribution >= 0.6 is 0 Å². The van der Waals surface area contributed by atoms with Crippen molar-refractivity contribution in [2.75, 3.05) is 6.61 Å². The second-order valence-corrected chi connectivity index (χ2v) is 6.49. The molecule has 0 aromatic heterocycles. The fourth-order valence-electron chi connectivity index (χ4n) is 2.71. The van der Waals surface area contributed by atoms with E-state index in [9.17, 15) is 0 Å². The van der Waals surface area contributed by atoms with E-state index < -0.39 is 0 Å². The smallest absolute Gasteiger partial charge is 0.104 e. The van der Waals surface area contributed by atoms with Crippen molar-refractivity contribution in [3.63, 3.8) is 0 Å². The minimum atomic E-state index is 0.486. The van der Waals surface area contributed by atoms with Gasteiger partial charge in [-0.2, -0.15) is 0 Å². The predicted molar refractivity (Wildman–Crippen MR) is 87.9 cm³/mol. The summed E-state index contributed by atoms with van der Waals surface area (Å²) in [5.74, 6) is 2.87. The average Bonchev–Trinajstić information content (AvgIpc) is 2.82. The highest BCUT2D eigenvalue weighted by Crippen LogP contribution is 2.34. The summed E-state index contributed by atoms with van der Waals surface area (Å²) in [5.41, 5.74) is 2.46. The van der Waals surface area contributed by atoms with Crippen LogP contribution in [0.2, 0.25) is 0 Å². The van der Waals surface area contributed by atoms with E-state index in [1.54, 1.807) is 0 Å². The van der Waals surface area contributed by atoms with Crippen LogP contribution in [-0.2, 0) is 4.74 Å². The van der Waals surface area contributed by atoms with Gasteiger partial charge in [-0.05, 0) is 24.7 Å². The number of nitrogens with zero attached hydrogens (tertiary/aromatic N) is 1. The summed E-state index contributed by atoms with van der Waals surface area (Å²) in [4.78, 5) is 4.67. The van der Waals surface area contributed by atoms with Crippen molar-refractivity contribution in [3.8, 4) is 0 Å². The van der Waals surface area contributed by atoms with Gasteiger partial charge in [0.2, 0.25) is 0 Å². The first-order valence-electron chi connectivity index (χ1n) is 8.06. The van der Waals surface area contributed by atoms with Gasteiger partial charge in [0, 0.05) is 24.1 Å². The van der Waals surface area contributed by atoms with E-state index in [0.29, 0.717) is 17.8 Å². The van der Waals surface area contributed by atoms with E-state index in [2.05, 4.69) is 52.6 Å². The minimum Gasteiger partial charge on any atom is -0.497 e. The number of aliphatic imine (C=N–C) groups is 1. The Morgan fingerprint density at radius 1 is 1.25 bits per heavy atom. The maximum atomic E-state index is 5.94. The topological polar surface area (TPSA) is 21.6 Å². The van der Waals surface area contributed by atoms with E-state index in [-0.39, 0.29) is 0 Å². The molecule has 0 bridgehead atoms. The summed E-state index contributed by atoms with van der Waals surface area (Å²) in [6.07, 6.45) is 7.41. The molecule has 20 heavy (non-hydrogen) atoms. The van der Waals surface area contributed by atoms with Crippen LogP contribution in [0.3, 0.4) is 0 Å². The minimum absolute atomic E-state index is 0.486. The lowest BCUT2D eigenvalue weighted by atomic mass is 9.93. The van der Waals surface area contributed by atoms with E-state index >= 15 is 0 Å². The Bertz CT molecular complexity index is 388. The summed E-state index contributed by atoms with van der Waals surface area (Å²) >= 11 is 0. The van der Waals surface area contributed by atoms with E-state index in [4.69, 9.17) is 4.74 Å². The van der Waals surface area contributed by atoms with Gasteiger partial charge in [0.25, 0.3) is 0 Å². The summed E-state index contributed by atoms with van der Waals surface area (Å²) in [5, 5.41) is 0. The highest BCUT2D eigenvalue weighted by Gasteiger charge is 2.24. The first kappa shape index (κ1) is 17.0. The van der Waals surface area contributed by atoms with Crippen molar-refractivity contribution >= 4 is 6.21 Å².